The maximum Gasteiger partial charge on any atom is 0.244 e. The molecule has 3 rings (SSSR count). The summed E-state index contributed by atoms with van der Waals surface area (Å²) < 4.78 is 64.5. The number of hydrogen-bond acceptors (Lipinski definition) is 7. The number of carbonyl (C=O) groups is 1. The zero-order chi connectivity index (χ0) is 27.8. The summed E-state index contributed by atoms with van der Waals surface area (Å²) in [4.78, 5) is 13.2. The molecular weight excluding hydrogens is 530 g/mol. The number of piperidine rings is 1. The monoisotopic (exact) mass is 567 g/mol. The van der Waals surface area contributed by atoms with Crippen LogP contribution in [0.4, 0.5) is 5.69 Å². The van der Waals surface area contributed by atoms with E-state index in [-0.39, 0.29) is 24.5 Å². The van der Waals surface area contributed by atoms with E-state index >= 15 is 0 Å². The van der Waals surface area contributed by atoms with Crippen LogP contribution in [0.2, 0.25) is 0 Å². The lowest BCUT2D eigenvalue weighted by Crippen LogP contribution is -2.50. The summed E-state index contributed by atoms with van der Waals surface area (Å²) in [5.74, 6) is 0.630. The Kier molecular flexibility index (Phi) is 10.4. The maximum atomic E-state index is 13.0. The highest BCUT2D eigenvalue weighted by Crippen LogP contribution is 2.26. The number of sulfonamides is 2. The van der Waals surface area contributed by atoms with E-state index in [9.17, 15) is 21.6 Å². The summed E-state index contributed by atoms with van der Waals surface area (Å²) in [5, 5.41) is 2.74. The Morgan fingerprint density at radius 2 is 1.50 bits per heavy atom. The predicted octanol–water partition coefficient (Wildman–Crippen LogP) is 3.00. The fraction of sp³-hybridized carbons (Fsp3) is 0.500. The van der Waals surface area contributed by atoms with Gasteiger partial charge in [-0.15, -0.1) is 0 Å². The van der Waals surface area contributed by atoms with Crippen LogP contribution in [0.15, 0.2) is 53.4 Å². The molecule has 10 nitrogen and oxygen atoms in total. The zero-order valence-corrected chi connectivity index (χ0v) is 23.8. The molecule has 0 aromatic heterocycles. The second kappa shape index (κ2) is 13.3. The van der Waals surface area contributed by atoms with Gasteiger partial charge in [0, 0.05) is 13.1 Å². The summed E-state index contributed by atoms with van der Waals surface area (Å²) in [5.41, 5.74) is 0.369. The number of rotatable bonds is 13. The quantitative estimate of drug-likeness (QED) is 0.369. The van der Waals surface area contributed by atoms with Crippen LogP contribution in [0.5, 0.6) is 11.5 Å². The molecule has 1 aliphatic heterocycles. The van der Waals surface area contributed by atoms with Crippen LogP contribution in [0.3, 0.4) is 0 Å². The third-order valence-corrected chi connectivity index (χ3v) is 9.27. The molecule has 1 amide bonds. The van der Waals surface area contributed by atoms with Gasteiger partial charge in [0.1, 0.15) is 24.1 Å². The minimum atomic E-state index is -3.75. The summed E-state index contributed by atoms with van der Waals surface area (Å²) in [6.07, 6.45) is 4.11. The smallest absolute Gasteiger partial charge is 0.244 e. The van der Waals surface area contributed by atoms with Crippen molar-refractivity contribution in [2.75, 3.05) is 43.4 Å². The van der Waals surface area contributed by atoms with Crippen molar-refractivity contribution in [3.8, 4) is 11.5 Å². The number of nitrogens with one attached hydrogen (secondary N) is 1. The molecule has 1 N–H and O–H groups in total. The molecule has 0 bridgehead atoms. The zero-order valence-electron chi connectivity index (χ0n) is 22.1. The number of ether oxygens (including phenoxy) is 2. The van der Waals surface area contributed by atoms with Crippen molar-refractivity contribution >= 4 is 31.6 Å². The van der Waals surface area contributed by atoms with E-state index in [4.69, 9.17) is 9.47 Å². The molecule has 0 saturated carbocycles. The van der Waals surface area contributed by atoms with Gasteiger partial charge >= 0.3 is 0 Å². The van der Waals surface area contributed by atoms with Gasteiger partial charge in [0.25, 0.3) is 0 Å². The first kappa shape index (κ1) is 29.7. The topological polar surface area (TPSA) is 122 Å². The molecule has 0 radical (unpaired) electrons. The van der Waals surface area contributed by atoms with Gasteiger partial charge in [0.15, 0.2) is 0 Å². The Bertz CT molecular complexity index is 1260. The molecule has 0 aliphatic carbocycles. The second-order valence-corrected chi connectivity index (χ2v) is 12.8. The summed E-state index contributed by atoms with van der Waals surface area (Å²) in [6.45, 7) is 5.43. The van der Waals surface area contributed by atoms with Crippen molar-refractivity contribution in [2.45, 2.75) is 50.5 Å². The van der Waals surface area contributed by atoms with Gasteiger partial charge in [-0.3, -0.25) is 9.10 Å². The van der Waals surface area contributed by atoms with E-state index in [0.717, 1.165) is 29.8 Å². The molecule has 0 spiro atoms. The molecule has 12 heteroatoms. The number of amides is 1. The molecule has 1 heterocycles. The Morgan fingerprint density at radius 3 is 2.05 bits per heavy atom. The average molecular weight is 568 g/mol. The molecule has 1 saturated heterocycles. The summed E-state index contributed by atoms with van der Waals surface area (Å²) in [6, 6.07) is 11.8. The van der Waals surface area contributed by atoms with Gasteiger partial charge < -0.3 is 14.8 Å². The van der Waals surface area contributed by atoms with Crippen LogP contribution in [-0.2, 0) is 24.8 Å². The summed E-state index contributed by atoms with van der Waals surface area (Å²) in [7, 11) is -7.27. The fourth-order valence-corrected chi connectivity index (χ4v) is 7.07. The standard InChI is InChI=1S/C26H37N3O7S2/c1-4-25(29(37(3,31)32)21-9-11-22(12-10-21)35-5-2)26(30)27-17-20-36-23-13-15-24(16-14-23)38(33,34)28-18-7-6-8-19-28/h9-16,25H,4-8,17-20H2,1-3H3,(H,27,30)/t25-/m1/s1. The number of anilines is 1. The molecule has 2 aromatic rings. The molecular formula is C26H37N3O7S2. The van der Waals surface area contributed by atoms with Gasteiger partial charge in [0.2, 0.25) is 26.0 Å². The molecule has 38 heavy (non-hydrogen) atoms. The van der Waals surface area contributed by atoms with Gasteiger partial charge in [-0.2, -0.15) is 4.31 Å². The number of hydrogen-bond donors (Lipinski definition) is 1. The van der Waals surface area contributed by atoms with Crippen LogP contribution in [0.1, 0.15) is 39.5 Å². The van der Waals surface area contributed by atoms with E-state index in [2.05, 4.69) is 5.32 Å². The Morgan fingerprint density at radius 1 is 0.921 bits per heavy atom. The molecule has 1 fully saturated rings. The number of nitrogens with zero attached hydrogens (tertiary/aromatic N) is 2. The van der Waals surface area contributed by atoms with Gasteiger partial charge in [-0.25, -0.2) is 16.8 Å². The molecule has 0 unspecified atom stereocenters. The van der Waals surface area contributed by atoms with Crippen molar-refractivity contribution in [1.29, 1.82) is 0 Å². The van der Waals surface area contributed by atoms with E-state index in [0.29, 0.717) is 36.9 Å². The van der Waals surface area contributed by atoms with Crippen LogP contribution in [-0.4, -0.2) is 72.2 Å². The molecule has 2 aromatic carbocycles. The Balaban J connectivity index is 1.57. The van der Waals surface area contributed by atoms with Gasteiger partial charge in [-0.1, -0.05) is 13.3 Å². The third-order valence-electron chi connectivity index (χ3n) is 6.18. The minimum absolute atomic E-state index is 0.127. The van der Waals surface area contributed by atoms with E-state index < -0.39 is 32.0 Å². The number of carbonyl (C=O) groups excluding carboxylic acids is 1. The summed E-state index contributed by atoms with van der Waals surface area (Å²) >= 11 is 0. The minimum Gasteiger partial charge on any atom is -0.494 e. The Hall–Kier alpha value is -2.83. The third kappa shape index (κ3) is 7.61. The molecule has 210 valence electrons. The largest absolute Gasteiger partial charge is 0.494 e. The van der Waals surface area contributed by atoms with E-state index in [1.165, 1.54) is 16.4 Å². The van der Waals surface area contributed by atoms with Crippen LogP contribution in [0, 0.1) is 0 Å². The lowest BCUT2D eigenvalue weighted by Gasteiger charge is -2.30. The SMILES string of the molecule is CCOc1ccc(N([C@H](CC)C(=O)NCCOc2ccc(S(=O)(=O)N3CCCCC3)cc2)S(C)(=O)=O)cc1. The van der Waals surface area contributed by atoms with E-state index in [1.807, 2.05) is 6.92 Å². The van der Waals surface area contributed by atoms with Crippen molar-refractivity contribution in [3.05, 3.63) is 48.5 Å². The second-order valence-electron chi connectivity index (χ2n) is 8.99. The maximum absolute atomic E-state index is 13.0. The van der Waals surface area contributed by atoms with Crippen molar-refractivity contribution in [3.63, 3.8) is 0 Å². The highest BCUT2D eigenvalue weighted by atomic mass is 32.2. The van der Waals surface area contributed by atoms with Crippen molar-refractivity contribution in [2.24, 2.45) is 0 Å². The predicted molar refractivity (Wildman–Crippen MR) is 147 cm³/mol. The lowest BCUT2D eigenvalue weighted by molar-refractivity contribution is -0.122. The van der Waals surface area contributed by atoms with Crippen LogP contribution < -0.4 is 19.1 Å². The first-order chi connectivity index (χ1) is 18.1. The lowest BCUT2D eigenvalue weighted by atomic mass is 10.2. The fourth-order valence-electron chi connectivity index (χ4n) is 4.34. The highest BCUT2D eigenvalue weighted by molar-refractivity contribution is 7.92. The number of benzene rings is 2. The molecule has 1 aliphatic rings. The van der Waals surface area contributed by atoms with Gasteiger partial charge in [-0.05, 0) is 74.7 Å². The Labute approximate surface area is 226 Å². The van der Waals surface area contributed by atoms with E-state index in [1.54, 1.807) is 43.3 Å². The average Bonchev–Trinajstić information content (AvgIpc) is 2.90. The van der Waals surface area contributed by atoms with Crippen LogP contribution >= 0.6 is 0 Å². The van der Waals surface area contributed by atoms with Crippen molar-refractivity contribution < 1.29 is 31.1 Å². The highest BCUT2D eigenvalue weighted by Gasteiger charge is 2.31. The first-order valence-electron chi connectivity index (χ1n) is 12.8. The van der Waals surface area contributed by atoms with Crippen molar-refractivity contribution in [1.82, 2.24) is 9.62 Å². The van der Waals surface area contributed by atoms with Crippen LogP contribution in [0.25, 0.3) is 0 Å². The molecule has 1 atom stereocenters. The van der Waals surface area contributed by atoms with Gasteiger partial charge in [0.05, 0.1) is 30.0 Å². The normalized spacial score (nSPS) is 15.4. The first-order valence-corrected chi connectivity index (χ1v) is 16.1.